The molecule has 0 unspecified atom stereocenters. The molecule has 0 bridgehead atoms. The van der Waals surface area contributed by atoms with E-state index in [1.165, 1.54) is 12.1 Å². The van der Waals surface area contributed by atoms with E-state index in [9.17, 15) is 27.9 Å². The second-order valence-electron chi connectivity index (χ2n) is 8.58. The Morgan fingerprint density at radius 3 is 2.54 bits per heavy atom. The number of hydrogen-bond acceptors (Lipinski definition) is 5. The number of benzene rings is 2. The standard InChI is InChI=1S/C25H26F3N3O4/c1-2-35-23(34)16-7-9-19(10-8-16)31-21-11-6-15(14-32)12-20(21)29-24(31)30-22(33)17-4-3-5-18(13-17)25(26,27)28/h3-6,11-13,16,19,32H,2,7-10,14H2,1H3,(H,29,30,33). The van der Waals surface area contributed by atoms with Gasteiger partial charge < -0.3 is 14.4 Å². The lowest BCUT2D eigenvalue weighted by Crippen LogP contribution is -2.26. The Kier molecular flexibility index (Phi) is 7.11. The third kappa shape index (κ3) is 5.32. The highest BCUT2D eigenvalue weighted by Crippen LogP contribution is 2.37. The van der Waals surface area contributed by atoms with Gasteiger partial charge in [-0.25, -0.2) is 4.98 Å². The predicted octanol–water partition coefficient (Wildman–Crippen LogP) is 5.09. The van der Waals surface area contributed by atoms with Crippen LogP contribution in [0, 0.1) is 5.92 Å². The van der Waals surface area contributed by atoms with Gasteiger partial charge in [-0.2, -0.15) is 13.2 Å². The molecule has 1 amide bonds. The number of aliphatic hydroxyl groups is 1. The molecule has 0 spiro atoms. The second-order valence-corrected chi connectivity index (χ2v) is 8.58. The Bertz CT molecular complexity index is 1230. The number of aliphatic hydroxyl groups excluding tert-OH is 1. The number of alkyl halides is 3. The van der Waals surface area contributed by atoms with Crippen LogP contribution in [0.2, 0.25) is 0 Å². The zero-order valence-corrected chi connectivity index (χ0v) is 19.1. The number of rotatable bonds is 6. The minimum absolute atomic E-state index is 0.0811. The number of carbonyl (C=O) groups is 2. The van der Waals surface area contributed by atoms with Crippen LogP contribution in [0.3, 0.4) is 0 Å². The zero-order chi connectivity index (χ0) is 25.2. The molecule has 4 rings (SSSR count). The van der Waals surface area contributed by atoms with E-state index < -0.39 is 17.6 Å². The molecule has 3 aromatic rings. The molecular weight excluding hydrogens is 463 g/mol. The predicted molar refractivity (Wildman–Crippen MR) is 123 cm³/mol. The quantitative estimate of drug-likeness (QED) is 0.471. The minimum atomic E-state index is -4.57. The Hall–Kier alpha value is -3.40. The summed E-state index contributed by atoms with van der Waals surface area (Å²) in [6, 6.07) is 9.38. The van der Waals surface area contributed by atoms with Crippen molar-refractivity contribution in [3.63, 3.8) is 0 Å². The molecule has 2 aromatic carbocycles. The first-order chi connectivity index (χ1) is 16.7. The van der Waals surface area contributed by atoms with Crippen molar-refractivity contribution in [2.75, 3.05) is 11.9 Å². The number of carbonyl (C=O) groups excluding carboxylic acids is 2. The number of halogens is 3. The van der Waals surface area contributed by atoms with Crippen LogP contribution >= 0.6 is 0 Å². The minimum Gasteiger partial charge on any atom is -0.466 e. The van der Waals surface area contributed by atoms with Crippen molar-refractivity contribution >= 4 is 28.9 Å². The van der Waals surface area contributed by atoms with Crippen LogP contribution in [-0.4, -0.2) is 33.1 Å². The normalized spacial score (nSPS) is 18.4. The van der Waals surface area contributed by atoms with Crippen LogP contribution < -0.4 is 5.32 Å². The summed E-state index contributed by atoms with van der Waals surface area (Å²) in [6.45, 7) is 1.91. The van der Waals surface area contributed by atoms with Gasteiger partial charge in [-0.05, 0) is 68.5 Å². The maximum absolute atomic E-state index is 13.1. The first kappa shape index (κ1) is 24.7. The summed E-state index contributed by atoms with van der Waals surface area (Å²) in [4.78, 5) is 29.6. The Balaban J connectivity index is 1.64. The summed E-state index contributed by atoms with van der Waals surface area (Å²) in [6.07, 6.45) is -2.06. The van der Waals surface area contributed by atoms with Crippen molar-refractivity contribution in [2.45, 2.75) is 51.4 Å². The maximum atomic E-state index is 13.1. The summed E-state index contributed by atoms with van der Waals surface area (Å²) in [5.41, 5.74) is 0.859. The third-order valence-electron chi connectivity index (χ3n) is 6.30. The van der Waals surface area contributed by atoms with Crippen LogP contribution in [0.4, 0.5) is 19.1 Å². The summed E-state index contributed by atoms with van der Waals surface area (Å²) in [7, 11) is 0. The summed E-state index contributed by atoms with van der Waals surface area (Å²) in [5.74, 6) is -0.912. The molecule has 35 heavy (non-hydrogen) atoms. The van der Waals surface area contributed by atoms with E-state index in [1.54, 1.807) is 25.1 Å². The molecule has 2 N–H and O–H groups in total. The number of imidazole rings is 1. The van der Waals surface area contributed by atoms with Gasteiger partial charge in [0.2, 0.25) is 5.95 Å². The zero-order valence-electron chi connectivity index (χ0n) is 19.1. The molecule has 1 aliphatic rings. The van der Waals surface area contributed by atoms with Gasteiger partial charge in [0, 0.05) is 11.6 Å². The van der Waals surface area contributed by atoms with E-state index in [1.807, 2.05) is 4.57 Å². The molecule has 186 valence electrons. The number of aromatic nitrogens is 2. The van der Waals surface area contributed by atoms with Gasteiger partial charge in [0.25, 0.3) is 5.91 Å². The average Bonchev–Trinajstić information content (AvgIpc) is 3.20. The van der Waals surface area contributed by atoms with Crippen LogP contribution in [0.25, 0.3) is 11.0 Å². The first-order valence-corrected chi connectivity index (χ1v) is 11.5. The van der Waals surface area contributed by atoms with Crippen molar-refractivity contribution < 1.29 is 32.6 Å². The maximum Gasteiger partial charge on any atom is 0.416 e. The molecule has 0 aliphatic heterocycles. The lowest BCUT2D eigenvalue weighted by atomic mass is 9.86. The number of nitrogens with zero attached hydrogens (tertiary/aromatic N) is 2. The van der Waals surface area contributed by atoms with E-state index in [2.05, 4.69) is 10.3 Å². The highest BCUT2D eigenvalue weighted by atomic mass is 19.4. The molecule has 10 heteroatoms. The molecule has 1 heterocycles. The highest BCUT2D eigenvalue weighted by molar-refractivity contribution is 6.04. The molecule has 7 nitrogen and oxygen atoms in total. The smallest absolute Gasteiger partial charge is 0.416 e. The van der Waals surface area contributed by atoms with Gasteiger partial charge in [-0.3, -0.25) is 14.9 Å². The number of anilines is 1. The van der Waals surface area contributed by atoms with Crippen molar-refractivity contribution in [1.29, 1.82) is 0 Å². The van der Waals surface area contributed by atoms with Crippen LogP contribution in [-0.2, 0) is 22.3 Å². The fourth-order valence-corrected chi connectivity index (χ4v) is 4.54. The summed E-state index contributed by atoms with van der Waals surface area (Å²) < 4.78 is 46.3. The van der Waals surface area contributed by atoms with E-state index >= 15 is 0 Å². The monoisotopic (exact) mass is 489 g/mol. The van der Waals surface area contributed by atoms with Crippen LogP contribution in [0.1, 0.15) is 60.1 Å². The van der Waals surface area contributed by atoms with E-state index in [0.29, 0.717) is 43.4 Å². The summed E-state index contributed by atoms with van der Waals surface area (Å²) >= 11 is 0. The van der Waals surface area contributed by atoms with Gasteiger partial charge in [-0.1, -0.05) is 12.1 Å². The van der Waals surface area contributed by atoms with E-state index in [0.717, 1.165) is 17.6 Å². The Labute approximate surface area is 199 Å². The average molecular weight is 489 g/mol. The van der Waals surface area contributed by atoms with E-state index in [-0.39, 0.29) is 36.0 Å². The number of fused-ring (bicyclic) bond motifs is 1. The molecule has 1 aliphatic carbocycles. The fourth-order valence-electron chi connectivity index (χ4n) is 4.54. The molecule has 1 aromatic heterocycles. The molecule has 1 saturated carbocycles. The topological polar surface area (TPSA) is 93.5 Å². The SMILES string of the molecule is CCOC(=O)C1CCC(n2c(NC(=O)c3cccc(C(F)(F)F)c3)nc3cc(CO)ccc32)CC1. The number of esters is 1. The molecule has 0 atom stereocenters. The molecule has 0 radical (unpaired) electrons. The van der Waals surface area contributed by atoms with Crippen molar-refractivity contribution in [2.24, 2.45) is 5.92 Å². The van der Waals surface area contributed by atoms with Crippen LogP contribution in [0.5, 0.6) is 0 Å². The van der Waals surface area contributed by atoms with Crippen molar-refractivity contribution in [3.8, 4) is 0 Å². The van der Waals surface area contributed by atoms with Crippen LogP contribution in [0.15, 0.2) is 42.5 Å². The Morgan fingerprint density at radius 1 is 1.14 bits per heavy atom. The molecule has 1 fully saturated rings. The molecular formula is C25H26F3N3O4. The van der Waals surface area contributed by atoms with Crippen molar-refractivity contribution in [1.82, 2.24) is 9.55 Å². The number of hydrogen-bond donors (Lipinski definition) is 2. The third-order valence-corrected chi connectivity index (χ3v) is 6.30. The number of amides is 1. The van der Waals surface area contributed by atoms with Gasteiger partial charge >= 0.3 is 12.1 Å². The summed E-state index contributed by atoms with van der Waals surface area (Å²) in [5, 5.41) is 12.2. The highest BCUT2D eigenvalue weighted by Gasteiger charge is 2.32. The Morgan fingerprint density at radius 2 is 1.89 bits per heavy atom. The lowest BCUT2D eigenvalue weighted by Gasteiger charge is -2.29. The lowest BCUT2D eigenvalue weighted by molar-refractivity contribution is -0.149. The van der Waals surface area contributed by atoms with Gasteiger partial charge in [-0.15, -0.1) is 0 Å². The second kappa shape index (κ2) is 10.1. The van der Waals surface area contributed by atoms with Gasteiger partial charge in [0.1, 0.15) is 0 Å². The molecule has 0 saturated heterocycles. The fraction of sp³-hybridized carbons (Fsp3) is 0.400. The van der Waals surface area contributed by atoms with Gasteiger partial charge in [0.15, 0.2) is 0 Å². The van der Waals surface area contributed by atoms with Gasteiger partial charge in [0.05, 0.1) is 35.7 Å². The first-order valence-electron chi connectivity index (χ1n) is 11.5. The van der Waals surface area contributed by atoms with Crippen molar-refractivity contribution in [3.05, 3.63) is 59.2 Å². The number of nitrogens with one attached hydrogen (secondary N) is 1. The van der Waals surface area contributed by atoms with E-state index in [4.69, 9.17) is 4.74 Å². The largest absolute Gasteiger partial charge is 0.466 e. The number of ether oxygens (including phenoxy) is 1.